The number of hydrogen-bond acceptors (Lipinski definition) is 4. The highest BCUT2D eigenvalue weighted by atomic mass is 32.1. The predicted octanol–water partition coefficient (Wildman–Crippen LogP) is 3.42. The van der Waals surface area contributed by atoms with Crippen molar-refractivity contribution >= 4 is 17.2 Å². The number of hydrogen-bond donors (Lipinski definition) is 0. The highest BCUT2D eigenvalue weighted by molar-refractivity contribution is 7.10. The summed E-state index contributed by atoms with van der Waals surface area (Å²) in [6.45, 7) is 8.40. The number of carbonyl (C=O) groups is 1. The van der Waals surface area contributed by atoms with Gasteiger partial charge in [-0.2, -0.15) is 0 Å². The average molecular weight is 359 g/mol. The summed E-state index contributed by atoms with van der Waals surface area (Å²) in [5, 5.41) is 2.03. The molecule has 1 aliphatic heterocycles. The maximum Gasteiger partial charge on any atom is 0.227 e. The number of carbonyl (C=O) groups excluding carboxylic acids is 1. The Morgan fingerprint density at radius 1 is 1.12 bits per heavy atom. The molecule has 0 spiro atoms. The van der Waals surface area contributed by atoms with Gasteiger partial charge in [0.05, 0.1) is 12.5 Å². The SMILES string of the molecule is CC(C)Oc1ccccc1CN1CCN(C(=O)Cc2cccs2)CC1. The Hall–Kier alpha value is -1.85. The van der Waals surface area contributed by atoms with Crippen molar-refractivity contribution < 1.29 is 9.53 Å². The second-order valence-electron chi connectivity index (χ2n) is 6.69. The summed E-state index contributed by atoms with van der Waals surface area (Å²) in [6.07, 6.45) is 0.704. The van der Waals surface area contributed by atoms with Gasteiger partial charge < -0.3 is 9.64 Å². The minimum atomic E-state index is 0.174. The number of nitrogens with zero attached hydrogens (tertiary/aromatic N) is 2. The van der Waals surface area contributed by atoms with E-state index in [2.05, 4.69) is 30.9 Å². The fraction of sp³-hybridized carbons (Fsp3) is 0.450. The van der Waals surface area contributed by atoms with Crippen molar-refractivity contribution in [1.82, 2.24) is 9.80 Å². The Morgan fingerprint density at radius 2 is 1.88 bits per heavy atom. The van der Waals surface area contributed by atoms with Gasteiger partial charge in [-0.05, 0) is 31.4 Å². The minimum Gasteiger partial charge on any atom is -0.491 e. The summed E-state index contributed by atoms with van der Waals surface area (Å²) >= 11 is 1.65. The first-order valence-electron chi connectivity index (χ1n) is 8.89. The topological polar surface area (TPSA) is 32.8 Å². The fourth-order valence-electron chi connectivity index (χ4n) is 3.07. The van der Waals surface area contributed by atoms with E-state index in [1.807, 2.05) is 34.5 Å². The molecule has 3 rings (SSSR count). The molecule has 0 unspecified atom stereocenters. The number of rotatable bonds is 6. The predicted molar refractivity (Wildman–Crippen MR) is 102 cm³/mol. The van der Waals surface area contributed by atoms with Crippen LogP contribution < -0.4 is 4.74 Å². The van der Waals surface area contributed by atoms with E-state index in [1.165, 1.54) is 5.56 Å². The lowest BCUT2D eigenvalue weighted by molar-refractivity contribution is -0.132. The standard InChI is InChI=1S/C20H26N2O2S/c1-16(2)24-19-8-4-3-6-17(19)15-21-9-11-22(12-10-21)20(23)14-18-7-5-13-25-18/h3-8,13,16H,9-12,14-15H2,1-2H3. The van der Waals surface area contributed by atoms with Gasteiger partial charge in [-0.3, -0.25) is 9.69 Å². The summed E-state index contributed by atoms with van der Waals surface area (Å²) in [7, 11) is 0. The quantitative estimate of drug-likeness (QED) is 0.793. The van der Waals surface area contributed by atoms with Crippen LogP contribution in [0.1, 0.15) is 24.3 Å². The maximum atomic E-state index is 12.4. The Kier molecular flexibility index (Phi) is 6.10. The molecule has 25 heavy (non-hydrogen) atoms. The molecular weight excluding hydrogens is 332 g/mol. The van der Waals surface area contributed by atoms with E-state index < -0.39 is 0 Å². The molecule has 0 bridgehead atoms. The molecule has 1 aliphatic rings. The van der Waals surface area contributed by atoms with Crippen LogP contribution in [0.3, 0.4) is 0 Å². The van der Waals surface area contributed by atoms with Crippen LogP contribution in [0.5, 0.6) is 5.75 Å². The summed E-state index contributed by atoms with van der Waals surface area (Å²) in [5.74, 6) is 1.21. The molecule has 5 heteroatoms. The van der Waals surface area contributed by atoms with E-state index in [-0.39, 0.29) is 12.0 Å². The van der Waals surface area contributed by atoms with Crippen LogP contribution in [0.4, 0.5) is 0 Å². The van der Waals surface area contributed by atoms with Crippen molar-refractivity contribution in [2.75, 3.05) is 26.2 Å². The van der Waals surface area contributed by atoms with Crippen LogP contribution in [0, 0.1) is 0 Å². The fourth-order valence-corrected chi connectivity index (χ4v) is 3.77. The smallest absolute Gasteiger partial charge is 0.227 e. The summed E-state index contributed by atoms with van der Waals surface area (Å²) in [6, 6.07) is 12.3. The second-order valence-corrected chi connectivity index (χ2v) is 7.72. The first-order valence-corrected chi connectivity index (χ1v) is 9.77. The highest BCUT2D eigenvalue weighted by Crippen LogP contribution is 2.22. The van der Waals surface area contributed by atoms with Gasteiger partial charge in [-0.25, -0.2) is 0 Å². The third-order valence-electron chi connectivity index (χ3n) is 4.36. The molecule has 1 aromatic carbocycles. The molecule has 0 aliphatic carbocycles. The molecule has 0 atom stereocenters. The van der Waals surface area contributed by atoms with E-state index in [4.69, 9.17) is 4.74 Å². The van der Waals surface area contributed by atoms with Crippen LogP contribution in [-0.4, -0.2) is 48.0 Å². The molecular formula is C20H26N2O2S. The lowest BCUT2D eigenvalue weighted by Gasteiger charge is -2.35. The summed E-state index contributed by atoms with van der Waals surface area (Å²) in [4.78, 5) is 17.9. The lowest BCUT2D eigenvalue weighted by Crippen LogP contribution is -2.48. The molecule has 2 aromatic rings. The van der Waals surface area contributed by atoms with E-state index >= 15 is 0 Å². The molecule has 1 saturated heterocycles. The average Bonchev–Trinajstić information content (AvgIpc) is 3.10. The van der Waals surface area contributed by atoms with Crippen molar-refractivity contribution in [1.29, 1.82) is 0 Å². The van der Waals surface area contributed by atoms with Crippen LogP contribution in [0.2, 0.25) is 0 Å². The molecule has 2 heterocycles. The summed E-state index contributed by atoms with van der Waals surface area (Å²) < 4.78 is 5.91. The molecule has 0 N–H and O–H groups in total. The third kappa shape index (κ3) is 5.06. The summed E-state index contributed by atoms with van der Waals surface area (Å²) in [5.41, 5.74) is 1.22. The molecule has 4 nitrogen and oxygen atoms in total. The zero-order chi connectivity index (χ0) is 17.6. The number of amides is 1. The van der Waals surface area contributed by atoms with Crippen LogP contribution >= 0.6 is 11.3 Å². The molecule has 1 amide bonds. The zero-order valence-corrected chi connectivity index (χ0v) is 15.8. The van der Waals surface area contributed by atoms with Gasteiger partial charge in [0.15, 0.2) is 0 Å². The monoisotopic (exact) mass is 358 g/mol. The zero-order valence-electron chi connectivity index (χ0n) is 15.0. The van der Waals surface area contributed by atoms with Crippen molar-refractivity contribution in [3.8, 4) is 5.75 Å². The van der Waals surface area contributed by atoms with E-state index in [9.17, 15) is 4.79 Å². The normalized spacial score (nSPS) is 15.6. The number of ether oxygens (including phenoxy) is 1. The van der Waals surface area contributed by atoms with Gasteiger partial charge in [0, 0.05) is 43.2 Å². The van der Waals surface area contributed by atoms with E-state index in [0.717, 1.165) is 43.4 Å². The Bertz CT molecular complexity index is 677. The van der Waals surface area contributed by atoms with Gasteiger partial charge in [-0.1, -0.05) is 24.3 Å². The molecule has 1 fully saturated rings. The van der Waals surface area contributed by atoms with Crippen LogP contribution in [0.25, 0.3) is 0 Å². The number of piperazine rings is 1. The number of benzene rings is 1. The van der Waals surface area contributed by atoms with Crippen LogP contribution in [0.15, 0.2) is 41.8 Å². The largest absolute Gasteiger partial charge is 0.491 e. The Balaban J connectivity index is 1.52. The third-order valence-corrected chi connectivity index (χ3v) is 5.24. The van der Waals surface area contributed by atoms with Gasteiger partial charge >= 0.3 is 0 Å². The highest BCUT2D eigenvalue weighted by Gasteiger charge is 2.22. The van der Waals surface area contributed by atoms with E-state index in [0.29, 0.717) is 6.42 Å². The Labute approximate surface area is 154 Å². The number of para-hydroxylation sites is 1. The first-order chi connectivity index (χ1) is 12.1. The van der Waals surface area contributed by atoms with Crippen LogP contribution in [-0.2, 0) is 17.8 Å². The van der Waals surface area contributed by atoms with Gasteiger partial charge in [-0.15, -0.1) is 11.3 Å². The Morgan fingerprint density at radius 3 is 2.56 bits per heavy atom. The minimum absolute atomic E-state index is 0.174. The lowest BCUT2D eigenvalue weighted by atomic mass is 10.1. The van der Waals surface area contributed by atoms with Crippen molar-refractivity contribution in [2.45, 2.75) is 32.9 Å². The molecule has 1 aromatic heterocycles. The van der Waals surface area contributed by atoms with Gasteiger partial charge in [0.25, 0.3) is 0 Å². The number of thiophene rings is 1. The van der Waals surface area contributed by atoms with Gasteiger partial charge in [0.1, 0.15) is 5.75 Å². The van der Waals surface area contributed by atoms with Crippen molar-refractivity contribution in [3.63, 3.8) is 0 Å². The first kappa shape index (κ1) is 18.0. The second kappa shape index (κ2) is 8.50. The van der Waals surface area contributed by atoms with E-state index in [1.54, 1.807) is 11.3 Å². The van der Waals surface area contributed by atoms with Crippen molar-refractivity contribution in [2.24, 2.45) is 0 Å². The van der Waals surface area contributed by atoms with Gasteiger partial charge in [0.2, 0.25) is 5.91 Å². The molecule has 0 saturated carbocycles. The van der Waals surface area contributed by atoms with Crippen molar-refractivity contribution in [3.05, 3.63) is 52.2 Å². The molecule has 0 radical (unpaired) electrons. The maximum absolute atomic E-state index is 12.4. The molecule has 134 valence electrons.